The molecule has 0 amide bonds. The van der Waals surface area contributed by atoms with Crippen molar-refractivity contribution in [2.24, 2.45) is 16.3 Å². The SMILES string of the molecule is CC1(C)CC(=O)C(C=NC(CO)(CO)CO)C(=O)C1. The normalized spacial score (nSPS) is 21.3. The van der Waals surface area contributed by atoms with E-state index in [1.54, 1.807) is 0 Å². The molecule has 0 aromatic carbocycles. The standard InChI is InChI=1S/C13H21NO5/c1-12(2)3-10(18)9(11(19)4-12)5-14-13(6-15,7-16)8-17/h5,9,15-17H,3-4,6-8H2,1-2H3. The van der Waals surface area contributed by atoms with Crippen molar-refractivity contribution in [1.82, 2.24) is 0 Å². The lowest BCUT2D eigenvalue weighted by molar-refractivity contribution is -0.136. The van der Waals surface area contributed by atoms with Gasteiger partial charge in [0.05, 0.1) is 19.8 Å². The number of carbonyl (C=O) groups is 2. The van der Waals surface area contributed by atoms with E-state index in [1.165, 1.54) is 0 Å². The molecule has 1 rings (SSSR count). The lowest BCUT2D eigenvalue weighted by Crippen LogP contribution is -2.42. The van der Waals surface area contributed by atoms with Crippen LogP contribution in [0.2, 0.25) is 0 Å². The molecule has 0 unspecified atom stereocenters. The molecule has 0 aromatic rings. The molecule has 6 heteroatoms. The van der Waals surface area contributed by atoms with Gasteiger partial charge in [-0.25, -0.2) is 0 Å². The molecule has 0 aliphatic heterocycles. The maximum Gasteiger partial charge on any atom is 0.149 e. The Morgan fingerprint density at radius 3 is 1.95 bits per heavy atom. The molecular formula is C13H21NO5. The average Bonchev–Trinajstić information content (AvgIpc) is 2.32. The summed E-state index contributed by atoms with van der Waals surface area (Å²) in [7, 11) is 0. The first-order chi connectivity index (χ1) is 8.79. The lowest BCUT2D eigenvalue weighted by Gasteiger charge is -2.31. The number of carbonyl (C=O) groups excluding carboxylic acids is 2. The van der Waals surface area contributed by atoms with Gasteiger partial charge in [-0.05, 0) is 5.41 Å². The summed E-state index contributed by atoms with van der Waals surface area (Å²) in [6.07, 6.45) is 1.74. The topological polar surface area (TPSA) is 107 Å². The van der Waals surface area contributed by atoms with Crippen LogP contribution in [-0.2, 0) is 9.59 Å². The van der Waals surface area contributed by atoms with Crippen molar-refractivity contribution in [3.8, 4) is 0 Å². The molecule has 6 nitrogen and oxygen atoms in total. The molecule has 3 N–H and O–H groups in total. The third kappa shape index (κ3) is 3.68. The fourth-order valence-electron chi connectivity index (χ4n) is 2.08. The van der Waals surface area contributed by atoms with Crippen LogP contribution in [0.15, 0.2) is 4.99 Å². The highest BCUT2D eigenvalue weighted by Gasteiger charge is 2.39. The van der Waals surface area contributed by atoms with E-state index in [4.69, 9.17) is 15.3 Å². The molecule has 0 radical (unpaired) electrons. The van der Waals surface area contributed by atoms with Gasteiger partial charge < -0.3 is 15.3 Å². The lowest BCUT2D eigenvalue weighted by atomic mass is 9.72. The average molecular weight is 271 g/mol. The largest absolute Gasteiger partial charge is 0.394 e. The maximum absolute atomic E-state index is 11.9. The predicted octanol–water partition coefficient (Wildman–Crippen LogP) is -0.653. The molecule has 0 saturated heterocycles. The van der Waals surface area contributed by atoms with Gasteiger partial charge in [-0.3, -0.25) is 14.6 Å². The van der Waals surface area contributed by atoms with E-state index >= 15 is 0 Å². The van der Waals surface area contributed by atoms with Crippen molar-refractivity contribution in [2.75, 3.05) is 19.8 Å². The Balaban J connectivity index is 2.87. The molecule has 1 fully saturated rings. The highest BCUT2D eigenvalue weighted by molar-refractivity contribution is 6.16. The van der Waals surface area contributed by atoms with Gasteiger partial charge in [0.25, 0.3) is 0 Å². The van der Waals surface area contributed by atoms with Crippen molar-refractivity contribution in [3.05, 3.63) is 0 Å². The quantitative estimate of drug-likeness (QED) is 0.455. The highest BCUT2D eigenvalue weighted by Crippen LogP contribution is 2.33. The van der Waals surface area contributed by atoms with Crippen LogP contribution < -0.4 is 0 Å². The number of rotatable bonds is 5. The van der Waals surface area contributed by atoms with E-state index in [2.05, 4.69) is 4.99 Å². The Bertz CT molecular complexity index is 356. The summed E-state index contributed by atoms with van der Waals surface area (Å²) in [5.74, 6) is -1.36. The van der Waals surface area contributed by atoms with E-state index in [0.717, 1.165) is 6.21 Å². The second kappa shape index (κ2) is 5.90. The van der Waals surface area contributed by atoms with E-state index < -0.39 is 31.3 Å². The van der Waals surface area contributed by atoms with Gasteiger partial charge in [0, 0.05) is 19.1 Å². The molecule has 108 valence electrons. The van der Waals surface area contributed by atoms with Crippen LogP contribution in [0.3, 0.4) is 0 Å². The third-order valence-electron chi connectivity index (χ3n) is 3.38. The zero-order valence-electron chi connectivity index (χ0n) is 11.3. The first kappa shape index (κ1) is 15.9. The minimum atomic E-state index is -1.44. The Labute approximate surface area is 112 Å². The number of nitrogens with zero attached hydrogens (tertiary/aromatic N) is 1. The summed E-state index contributed by atoms with van der Waals surface area (Å²) in [6.45, 7) is 2.04. The smallest absolute Gasteiger partial charge is 0.149 e. The minimum Gasteiger partial charge on any atom is -0.394 e. The number of hydrogen-bond acceptors (Lipinski definition) is 6. The Kier molecular flexibility index (Phi) is 4.95. The summed E-state index contributed by atoms with van der Waals surface area (Å²) in [5, 5.41) is 27.4. The van der Waals surface area contributed by atoms with Crippen LogP contribution in [0.1, 0.15) is 26.7 Å². The fraction of sp³-hybridized carbons (Fsp3) is 0.769. The third-order valence-corrected chi connectivity index (χ3v) is 3.38. The summed E-state index contributed by atoms with van der Waals surface area (Å²) >= 11 is 0. The van der Waals surface area contributed by atoms with Crippen molar-refractivity contribution in [1.29, 1.82) is 0 Å². The van der Waals surface area contributed by atoms with Crippen molar-refractivity contribution in [2.45, 2.75) is 32.2 Å². The summed E-state index contributed by atoms with van der Waals surface area (Å²) in [4.78, 5) is 27.7. The van der Waals surface area contributed by atoms with Gasteiger partial charge in [0.1, 0.15) is 23.0 Å². The van der Waals surface area contributed by atoms with Crippen LogP contribution in [0.5, 0.6) is 0 Å². The predicted molar refractivity (Wildman–Crippen MR) is 69.0 cm³/mol. The number of ketones is 2. The zero-order chi connectivity index (χ0) is 14.7. The van der Waals surface area contributed by atoms with Crippen molar-refractivity contribution in [3.63, 3.8) is 0 Å². The molecule has 0 atom stereocenters. The summed E-state index contributed by atoms with van der Waals surface area (Å²) in [5.41, 5.74) is -1.77. The molecule has 19 heavy (non-hydrogen) atoms. The van der Waals surface area contributed by atoms with E-state index in [-0.39, 0.29) is 17.0 Å². The van der Waals surface area contributed by atoms with Crippen LogP contribution in [0.25, 0.3) is 0 Å². The number of aliphatic hydroxyl groups excluding tert-OH is 3. The zero-order valence-corrected chi connectivity index (χ0v) is 11.3. The summed E-state index contributed by atoms with van der Waals surface area (Å²) < 4.78 is 0. The molecule has 0 bridgehead atoms. The summed E-state index contributed by atoms with van der Waals surface area (Å²) in [6, 6.07) is 0. The second-order valence-corrected chi connectivity index (χ2v) is 5.90. The van der Waals surface area contributed by atoms with Gasteiger partial charge in [-0.15, -0.1) is 0 Å². The van der Waals surface area contributed by atoms with Crippen molar-refractivity contribution < 1.29 is 24.9 Å². The maximum atomic E-state index is 11.9. The number of aliphatic imine (C=N–C) groups is 1. The Morgan fingerprint density at radius 1 is 1.16 bits per heavy atom. The number of aliphatic hydroxyl groups is 3. The first-order valence-electron chi connectivity index (χ1n) is 6.22. The van der Waals surface area contributed by atoms with Crippen LogP contribution >= 0.6 is 0 Å². The van der Waals surface area contributed by atoms with E-state index in [9.17, 15) is 9.59 Å². The Morgan fingerprint density at radius 2 is 1.58 bits per heavy atom. The molecule has 1 aliphatic rings. The van der Waals surface area contributed by atoms with E-state index in [0.29, 0.717) is 12.8 Å². The molecule has 0 aromatic heterocycles. The van der Waals surface area contributed by atoms with Gasteiger partial charge >= 0.3 is 0 Å². The first-order valence-corrected chi connectivity index (χ1v) is 6.22. The van der Waals surface area contributed by atoms with Gasteiger partial charge in [0.2, 0.25) is 0 Å². The van der Waals surface area contributed by atoms with Gasteiger partial charge in [-0.2, -0.15) is 0 Å². The van der Waals surface area contributed by atoms with Gasteiger partial charge in [-0.1, -0.05) is 13.8 Å². The van der Waals surface area contributed by atoms with Crippen LogP contribution in [0, 0.1) is 11.3 Å². The van der Waals surface area contributed by atoms with Gasteiger partial charge in [0.15, 0.2) is 0 Å². The molecule has 0 spiro atoms. The fourth-order valence-corrected chi connectivity index (χ4v) is 2.08. The molecule has 1 aliphatic carbocycles. The monoisotopic (exact) mass is 271 g/mol. The van der Waals surface area contributed by atoms with E-state index in [1.807, 2.05) is 13.8 Å². The number of Topliss-reactive ketones (excluding diaryl/α,β-unsaturated/α-hetero) is 2. The minimum absolute atomic E-state index is 0.215. The number of hydrogen-bond donors (Lipinski definition) is 3. The Hall–Kier alpha value is -1.11. The second-order valence-electron chi connectivity index (χ2n) is 5.90. The molecular weight excluding hydrogens is 250 g/mol. The van der Waals surface area contributed by atoms with Crippen LogP contribution in [-0.4, -0.2) is 58.5 Å². The van der Waals surface area contributed by atoms with Crippen molar-refractivity contribution >= 4 is 17.8 Å². The molecule has 0 heterocycles. The van der Waals surface area contributed by atoms with Crippen LogP contribution in [0.4, 0.5) is 0 Å². The highest BCUT2D eigenvalue weighted by atomic mass is 16.3. The molecule has 1 saturated carbocycles.